The van der Waals surface area contributed by atoms with E-state index in [1.807, 2.05) is 12.1 Å². The number of rotatable bonds is 3. The Balaban J connectivity index is 1.27. The van der Waals surface area contributed by atoms with E-state index in [2.05, 4.69) is 19.9 Å². The van der Waals surface area contributed by atoms with Crippen molar-refractivity contribution in [3.63, 3.8) is 0 Å². The number of piperidine rings is 1. The number of nitrogens with two attached hydrogens (primary N) is 1. The number of anilines is 3. The summed E-state index contributed by atoms with van der Waals surface area (Å²) in [5.41, 5.74) is 6.91. The monoisotopic (exact) mass is 424 g/mol. The number of carboxylic acids is 1. The van der Waals surface area contributed by atoms with E-state index >= 15 is 0 Å². The summed E-state index contributed by atoms with van der Waals surface area (Å²) in [6, 6.07) is 3.79. The molecule has 2 aromatic rings. The lowest BCUT2D eigenvalue weighted by atomic mass is 9.57. The fraction of sp³-hybridized carbons (Fsp3) is 0.476. The van der Waals surface area contributed by atoms with Gasteiger partial charge in [-0.15, -0.1) is 0 Å². The van der Waals surface area contributed by atoms with Crippen molar-refractivity contribution in [2.24, 2.45) is 11.3 Å². The van der Waals surface area contributed by atoms with Crippen LogP contribution in [0, 0.1) is 11.3 Å². The minimum Gasteiger partial charge on any atom is -0.481 e. The van der Waals surface area contributed by atoms with Gasteiger partial charge in [0.2, 0.25) is 5.88 Å². The van der Waals surface area contributed by atoms with Crippen molar-refractivity contribution < 1.29 is 19.4 Å². The maximum Gasteiger partial charge on any atom is 0.306 e. The third kappa shape index (κ3) is 3.41. The Morgan fingerprint density at radius 2 is 1.94 bits per heavy atom. The molecular weight excluding hydrogens is 400 g/mol. The molecule has 0 radical (unpaired) electrons. The third-order valence-corrected chi connectivity index (χ3v) is 6.75. The molecule has 1 aliphatic carbocycles. The number of carbonyl (C=O) groups is 2. The second-order valence-electron chi connectivity index (χ2n) is 8.55. The van der Waals surface area contributed by atoms with E-state index in [4.69, 9.17) is 15.6 Å². The summed E-state index contributed by atoms with van der Waals surface area (Å²) in [5, 5.41) is 9.15. The summed E-state index contributed by atoms with van der Waals surface area (Å²) in [6.45, 7) is 2.36. The topological polar surface area (TPSA) is 135 Å². The zero-order valence-electron chi connectivity index (χ0n) is 17.0. The molecule has 3 aliphatic rings. The summed E-state index contributed by atoms with van der Waals surface area (Å²) in [5.74, 6) is -0.00583. The SMILES string of the molecule is Nc1ncnc2c1C(=O)N(c1ccc(N3CCC4(CC3)CC(C(=O)O)C4)nc1)CCO2. The van der Waals surface area contributed by atoms with Gasteiger partial charge in [0.05, 0.1) is 24.3 Å². The van der Waals surface area contributed by atoms with Crippen LogP contribution in [0.3, 0.4) is 0 Å². The van der Waals surface area contributed by atoms with Crippen molar-refractivity contribution in [3.05, 3.63) is 30.2 Å². The molecule has 2 fully saturated rings. The van der Waals surface area contributed by atoms with Gasteiger partial charge in [-0.1, -0.05) is 0 Å². The average molecular weight is 424 g/mol. The standard InChI is InChI=1S/C21H24N6O4/c22-17-16-18(25-12-24-17)31-8-7-27(19(16)28)14-1-2-15(23-11-14)26-5-3-21(4-6-26)9-13(10-21)20(29)30/h1-2,11-13H,3-10H2,(H,29,30)(H2,22,24,25). The summed E-state index contributed by atoms with van der Waals surface area (Å²) < 4.78 is 5.57. The highest BCUT2D eigenvalue weighted by molar-refractivity contribution is 6.10. The second-order valence-corrected chi connectivity index (χ2v) is 8.55. The minimum atomic E-state index is -0.672. The molecule has 10 nitrogen and oxygen atoms in total. The molecule has 0 atom stereocenters. The predicted octanol–water partition coefficient (Wildman–Crippen LogP) is 1.57. The number of carboxylic acid groups (broad SMARTS) is 1. The smallest absolute Gasteiger partial charge is 0.306 e. The molecule has 31 heavy (non-hydrogen) atoms. The lowest BCUT2D eigenvalue weighted by Crippen LogP contribution is -2.49. The maximum atomic E-state index is 13.0. The van der Waals surface area contributed by atoms with E-state index in [9.17, 15) is 9.59 Å². The summed E-state index contributed by atoms with van der Waals surface area (Å²) in [7, 11) is 0. The number of nitrogens with zero attached hydrogens (tertiary/aromatic N) is 5. The molecule has 162 valence electrons. The second kappa shape index (κ2) is 7.36. The van der Waals surface area contributed by atoms with Crippen LogP contribution in [0.4, 0.5) is 17.3 Å². The van der Waals surface area contributed by atoms with Crippen LogP contribution in [-0.2, 0) is 4.79 Å². The van der Waals surface area contributed by atoms with E-state index in [-0.39, 0.29) is 34.5 Å². The first-order valence-electron chi connectivity index (χ1n) is 10.4. The molecule has 5 rings (SSSR count). The molecule has 1 saturated carbocycles. The maximum absolute atomic E-state index is 13.0. The number of ether oxygens (including phenoxy) is 1. The molecule has 1 spiro atoms. The quantitative estimate of drug-likeness (QED) is 0.753. The summed E-state index contributed by atoms with van der Waals surface area (Å²) in [4.78, 5) is 40.5. The number of hydrogen-bond donors (Lipinski definition) is 2. The molecule has 3 N–H and O–H groups in total. The molecule has 10 heteroatoms. The zero-order chi connectivity index (χ0) is 21.6. The highest BCUT2D eigenvalue weighted by Gasteiger charge is 2.48. The van der Waals surface area contributed by atoms with Crippen molar-refractivity contribution in [1.82, 2.24) is 15.0 Å². The van der Waals surface area contributed by atoms with Crippen LogP contribution in [0.15, 0.2) is 24.7 Å². The highest BCUT2D eigenvalue weighted by atomic mass is 16.5. The lowest BCUT2D eigenvalue weighted by molar-refractivity contribution is -0.151. The normalized spacial score (nSPS) is 20.6. The number of amides is 1. The van der Waals surface area contributed by atoms with Gasteiger partial charge in [-0.05, 0) is 43.2 Å². The van der Waals surface area contributed by atoms with E-state index in [0.717, 1.165) is 44.6 Å². The molecule has 2 aromatic heterocycles. The largest absolute Gasteiger partial charge is 0.481 e. The first-order chi connectivity index (χ1) is 15.0. The fourth-order valence-corrected chi connectivity index (χ4v) is 4.91. The van der Waals surface area contributed by atoms with Crippen LogP contribution in [0.1, 0.15) is 36.0 Å². The fourth-order valence-electron chi connectivity index (χ4n) is 4.91. The number of aromatic nitrogens is 3. The molecule has 2 aliphatic heterocycles. The Hall–Kier alpha value is -3.43. The van der Waals surface area contributed by atoms with Gasteiger partial charge in [0.1, 0.15) is 30.1 Å². The van der Waals surface area contributed by atoms with Crippen molar-refractivity contribution in [1.29, 1.82) is 0 Å². The molecular formula is C21H24N6O4. The molecule has 0 unspecified atom stereocenters. The summed E-state index contributed by atoms with van der Waals surface area (Å²) in [6.07, 6.45) is 6.51. The number of pyridine rings is 1. The van der Waals surface area contributed by atoms with E-state index < -0.39 is 5.97 Å². The van der Waals surface area contributed by atoms with Crippen LogP contribution < -0.4 is 20.3 Å². The van der Waals surface area contributed by atoms with Crippen LogP contribution in [0.5, 0.6) is 5.88 Å². The number of hydrogen-bond acceptors (Lipinski definition) is 8. The zero-order valence-corrected chi connectivity index (χ0v) is 17.0. The lowest BCUT2D eigenvalue weighted by Gasteiger charge is -2.51. The van der Waals surface area contributed by atoms with Crippen LogP contribution in [0.2, 0.25) is 0 Å². The molecule has 1 saturated heterocycles. The first kappa shape index (κ1) is 19.5. The van der Waals surface area contributed by atoms with E-state index in [1.54, 1.807) is 11.1 Å². The Labute approximate surface area is 179 Å². The van der Waals surface area contributed by atoms with Gasteiger partial charge in [-0.25, -0.2) is 15.0 Å². The molecule has 0 bridgehead atoms. The van der Waals surface area contributed by atoms with Crippen molar-refractivity contribution in [2.75, 3.05) is 41.8 Å². The van der Waals surface area contributed by atoms with Crippen molar-refractivity contribution in [3.8, 4) is 5.88 Å². The Kier molecular flexibility index (Phi) is 4.64. The Morgan fingerprint density at radius 3 is 2.61 bits per heavy atom. The Bertz CT molecular complexity index is 1010. The van der Waals surface area contributed by atoms with Crippen molar-refractivity contribution >= 4 is 29.2 Å². The molecule has 0 aromatic carbocycles. The average Bonchev–Trinajstić information content (AvgIpc) is 2.92. The van der Waals surface area contributed by atoms with Crippen LogP contribution in [0.25, 0.3) is 0 Å². The van der Waals surface area contributed by atoms with Gasteiger partial charge in [-0.3, -0.25) is 9.59 Å². The molecule has 1 amide bonds. The van der Waals surface area contributed by atoms with Crippen LogP contribution >= 0.6 is 0 Å². The Morgan fingerprint density at radius 1 is 1.16 bits per heavy atom. The summed E-state index contributed by atoms with van der Waals surface area (Å²) >= 11 is 0. The minimum absolute atomic E-state index is 0.0925. The third-order valence-electron chi connectivity index (χ3n) is 6.75. The number of nitrogen functional groups attached to an aromatic ring is 1. The van der Waals surface area contributed by atoms with E-state index in [1.165, 1.54) is 6.33 Å². The van der Waals surface area contributed by atoms with Crippen molar-refractivity contribution in [2.45, 2.75) is 25.7 Å². The van der Waals surface area contributed by atoms with E-state index in [0.29, 0.717) is 18.8 Å². The highest BCUT2D eigenvalue weighted by Crippen LogP contribution is 2.52. The van der Waals surface area contributed by atoms with Gasteiger partial charge in [0.15, 0.2) is 0 Å². The number of aliphatic carboxylic acids is 1. The number of fused-ring (bicyclic) bond motifs is 1. The predicted molar refractivity (Wildman–Crippen MR) is 112 cm³/mol. The van der Waals surface area contributed by atoms with Gasteiger partial charge in [0.25, 0.3) is 5.91 Å². The first-order valence-corrected chi connectivity index (χ1v) is 10.4. The van der Waals surface area contributed by atoms with Gasteiger partial charge >= 0.3 is 5.97 Å². The van der Waals surface area contributed by atoms with Gasteiger partial charge in [-0.2, -0.15) is 0 Å². The molecule has 4 heterocycles. The van der Waals surface area contributed by atoms with Gasteiger partial charge in [0, 0.05) is 13.1 Å². The van der Waals surface area contributed by atoms with Gasteiger partial charge < -0.3 is 25.4 Å². The number of carbonyl (C=O) groups excluding carboxylic acids is 1. The van der Waals surface area contributed by atoms with Crippen LogP contribution in [-0.4, -0.2) is 58.2 Å².